The van der Waals surface area contributed by atoms with Crippen LogP contribution in [-0.4, -0.2) is 35.2 Å². The molecule has 3 aliphatic heterocycles. The van der Waals surface area contributed by atoms with Gasteiger partial charge >= 0.3 is 0 Å². The summed E-state index contributed by atoms with van der Waals surface area (Å²) in [5.74, 6) is 1.90. The van der Waals surface area contributed by atoms with Crippen LogP contribution in [0.1, 0.15) is 67.7 Å². The molecule has 1 saturated carbocycles. The molecule has 4 fully saturated rings. The highest BCUT2D eigenvalue weighted by molar-refractivity contribution is 7.07. The van der Waals surface area contributed by atoms with Crippen LogP contribution in [0.2, 0.25) is 0 Å². The van der Waals surface area contributed by atoms with Crippen molar-refractivity contribution in [2.75, 3.05) is 19.6 Å². The Morgan fingerprint density at radius 2 is 1.86 bits per heavy atom. The van der Waals surface area contributed by atoms with Crippen molar-refractivity contribution in [3.8, 4) is 0 Å². The predicted molar refractivity (Wildman–Crippen MR) is 134 cm³/mol. The second-order valence-electron chi connectivity index (χ2n) is 11.0. The molecule has 6 heteroatoms. The van der Waals surface area contributed by atoms with Gasteiger partial charge < -0.3 is 18.7 Å². The van der Waals surface area contributed by atoms with Gasteiger partial charge in [0.1, 0.15) is 19.2 Å². The summed E-state index contributed by atoms with van der Waals surface area (Å²) in [7, 11) is 0. The maximum absolute atomic E-state index is 14.6. The highest BCUT2D eigenvalue weighted by Gasteiger charge is 2.47. The molecule has 1 aromatic carbocycles. The van der Waals surface area contributed by atoms with Crippen LogP contribution in [0.3, 0.4) is 0 Å². The molecule has 35 heavy (non-hydrogen) atoms. The molecule has 5 heterocycles. The molecule has 0 amide bonds. The Kier molecular flexibility index (Phi) is 6.56. The minimum Gasteiger partial charge on any atom is -0.839 e. The number of thiophene rings is 1. The maximum Gasteiger partial charge on any atom is 0.188 e. The summed E-state index contributed by atoms with van der Waals surface area (Å²) in [4.78, 5) is 4.65. The van der Waals surface area contributed by atoms with Gasteiger partial charge in [-0.25, -0.2) is 4.98 Å². The van der Waals surface area contributed by atoms with Gasteiger partial charge in [-0.3, -0.25) is 0 Å². The smallest absolute Gasteiger partial charge is 0.188 e. The Hall–Kier alpha value is -1.99. The van der Waals surface area contributed by atoms with E-state index >= 15 is 0 Å². The lowest BCUT2D eigenvalue weighted by Gasteiger charge is -2.52. The van der Waals surface area contributed by atoms with E-state index < -0.39 is 5.60 Å². The summed E-state index contributed by atoms with van der Waals surface area (Å²) in [6.45, 7) is 4.84. The highest BCUT2D eigenvalue weighted by Crippen LogP contribution is 2.42. The Morgan fingerprint density at radius 1 is 1.06 bits per heavy atom. The molecule has 4 aliphatic rings. The normalized spacial score (nSPS) is 28.7. The molecule has 3 saturated heterocycles. The zero-order chi connectivity index (χ0) is 23.7. The van der Waals surface area contributed by atoms with Crippen LogP contribution in [0.25, 0.3) is 0 Å². The van der Waals surface area contributed by atoms with E-state index in [1.807, 2.05) is 36.5 Å². The first kappa shape index (κ1) is 23.4. The number of rotatable bonds is 8. The fraction of sp³-hybridized carbons (Fsp3) is 0.552. The standard InChI is InChI=1S/C29H36N2O3S/c32-29(24-7-3-1-4-8-24,25-9-5-2-6-10-25)28-30-17-26(34-28)18-31-14-11-23(12-15-31)27(19-31)33-20-22-13-16-35-21-22/h1,3-4,7-8,13,16-17,21,23,25,27H,2,5-6,9-12,14-15,18-20H2/t23?,27-,29-,31?/m0/s1. The number of benzene rings is 1. The second-order valence-corrected chi connectivity index (χ2v) is 11.8. The van der Waals surface area contributed by atoms with E-state index in [9.17, 15) is 5.11 Å². The molecule has 2 atom stereocenters. The Labute approximate surface area is 212 Å². The Balaban J connectivity index is 1.21. The average Bonchev–Trinajstić information content (AvgIpc) is 3.61. The molecule has 5 nitrogen and oxygen atoms in total. The topological polar surface area (TPSA) is 58.3 Å². The largest absolute Gasteiger partial charge is 0.839 e. The van der Waals surface area contributed by atoms with Crippen molar-refractivity contribution in [2.24, 2.45) is 11.8 Å². The third-order valence-electron chi connectivity index (χ3n) is 8.83. The highest BCUT2D eigenvalue weighted by atomic mass is 32.1. The molecule has 2 aromatic heterocycles. The maximum atomic E-state index is 14.6. The van der Waals surface area contributed by atoms with Crippen LogP contribution >= 0.6 is 11.3 Å². The monoisotopic (exact) mass is 492 g/mol. The molecule has 3 aromatic rings. The number of piperidine rings is 3. The van der Waals surface area contributed by atoms with Gasteiger partial charge in [0.15, 0.2) is 11.7 Å². The van der Waals surface area contributed by atoms with Gasteiger partial charge in [-0.1, -0.05) is 62.4 Å². The van der Waals surface area contributed by atoms with Gasteiger partial charge in [0.05, 0.1) is 25.9 Å². The van der Waals surface area contributed by atoms with E-state index in [0.29, 0.717) is 24.5 Å². The van der Waals surface area contributed by atoms with E-state index in [-0.39, 0.29) is 5.92 Å². The van der Waals surface area contributed by atoms with Crippen LogP contribution in [0.4, 0.5) is 0 Å². The number of nitrogens with zero attached hydrogens (tertiary/aromatic N) is 2. The van der Waals surface area contributed by atoms with Crippen LogP contribution in [0.5, 0.6) is 0 Å². The molecule has 0 N–H and O–H groups in total. The molecular formula is C29H36N2O3S. The van der Waals surface area contributed by atoms with E-state index in [2.05, 4.69) is 21.8 Å². The molecule has 1 aliphatic carbocycles. The van der Waals surface area contributed by atoms with Crippen molar-refractivity contribution in [3.63, 3.8) is 0 Å². The van der Waals surface area contributed by atoms with Gasteiger partial charge in [-0.15, -0.1) is 0 Å². The predicted octanol–water partition coefficient (Wildman–Crippen LogP) is 5.25. The van der Waals surface area contributed by atoms with E-state index in [0.717, 1.165) is 67.7 Å². The first-order chi connectivity index (χ1) is 17.1. The number of hydrogen-bond donors (Lipinski definition) is 0. The molecule has 0 spiro atoms. The quantitative estimate of drug-likeness (QED) is 0.403. The number of quaternary nitrogens is 1. The molecular weight excluding hydrogens is 456 g/mol. The van der Waals surface area contributed by atoms with Crippen molar-refractivity contribution in [1.29, 1.82) is 0 Å². The number of hydrogen-bond acceptors (Lipinski definition) is 5. The summed E-state index contributed by atoms with van der Waals surface area (Å²) >= 11 is 1.73. The van der Waals surface area contributed by atoms with Crippen molar-refractivity contribution >= 4 is 11.3 Å². The molecule has 186 valence electrons. The van der Waals surface area contributed by atoms with E-state index in [4.69, 9.17) is 9.15 Å². The summed E-state index contributed by atoms with van der Waals surface area (Å²) in [5, 5.41) is 18.9. The van der Waals surface area contributed by atoms with E-state index in [1.54, 1.807) is 11.3 Å². The Bertz CT molecular complexity index is 1080. The van der Waals surface area contributed by atoms with Gasteiger partial charge in [-0.05, 0) is 39.5 Å². The first-order valence-corrected chi connectivity index (χ1v) is 14.3. The summed E-state index contributed by atoms with van der Waals surface area (Å²) in [6, 6.07) is 12.0. The lowest BCUT2D eigenvalue weighted by molar-refractivity contribution is -0.959. The first-order valence-electron chi connectivity index (χ1n) is 13.3. The zero-order valence-corrected chi connectivity index (χ0v) is 21.3. The minimum absolute atomic E-state index is 0.0257. The number of ether oxygens (including phenoxy) is 1. The van der Waals surface area contributed by atoms with Crippen LogP contribution in [-0.2, 0) is 23.5 Å². The number of aromatic nitrogens is 1. The molecule has 2 bridgehead atoms. The van der Waals surface area contributed by atoms with E-state index in [1.165, 1.54) is 24.8 Å². The second kappa shape index (κ2) is 9.81. The van der Waals surface area contributed by atoms with Crippen molar-refractivity contribution in [2.45, 2.75) is 69.8 Å². The number of oxazole rings is 1. The van der Waals surface area contributed by atoms with Gasteiger partial charge in [0.2, 0.25) is 0 Å². The zero-order valence-electron chi connectivity index (χ0n) is 20.4. The van der Waals surface area contributed by atoms with Crippen molar-refractivity contribution < 1.29 is 18.7 Å². The van der Waals surface area contributed by atoms with Crippen molar-refractivity contribution in [3.05, 3.63) is 76.1 Å². The Morgan fingerprint density at radius 3 is 2.60 bits per heavy atom. The van der Waals surface area contributed by atoms with Crippen molar-refractivity contribution in [1.82, 2.24) is 4.98 Å². The average molecular weight is 493 g/mol. The SMILES string of the molecule is [O-][C@](c1ccccc1)(c1ncc(C[N+]23CCC(CC2)[C@@H](OCc2ccsc2)C3)o1)C1CCCCC1. The lowest BCUT2D eigenvalue weighted by Crippen LogP contribution is -2.63. The fourth-order valence-corrected chi connectivity index (χ4v) is 7.48. The summed E-state index contributed by atoms with van der Waals surface area (Å²) < 4.78 is 13.8. The lowest BCUT2D eigenvalue weighted by atomic mass is 9.73. The molecule has 0 radical (unpaired) electrons. The van der Waals surface area contributed by atoms with Gasteiger partial charge in [0.25, 0.3) is 0 Å². The third kappa shape index (κ3) is 4.62. The minimum atomic E-state index is -1.42. The van der Waals surface area contributed by atoms with Gasteiger partial charge in [0, 0.05) is 18.8 Å². The van der Waals surface area contributed by atoms with Crippen LogP contribution in [0, 0.1) is 11.8 Å². The fourth-order valence-electron chi connectivity index (χ4n) is 6.82. The van der Waals surface area contributed by atoms with Crippen LogP contribution < -0.4 is 5.11 Å². The molecule has 0 unspecified atom stereocenters. The third-order valence-corrected chi connectivity index (χ3v) is 9.56. The van der Waals surface area contributed by atoms with Crippen LogP contribution in [0.15, 0.2) is 57.8 Å². The summed E-state index contributed by atoms with van der Waals surface area (Å²) in [5.41, 5.74) is 0.641. The molecule has 7 rings (SSSR count). The van der Waals surface area contributed by atoms with Gasteiger partial charge in [-0.2, -0.15) is 11.3 Å². The summed E-state index contributed by atoms with van der Waals surface area (Å²) in [6.07, 6.45) is 9.87. The number of fused-ring (bicyclic) bond motifs is 3.